The molecule has 1 fully saturated rings. The first-order valence-corrected chi connectivity index (χ1v) is 6.35. The third-order valence-electron chi connectivity index (χ3n) is 3.41. The number of carbonyl (C=O) groups is 1. The van der Waals surface area contributed by atoms with Gasteiger partial charge in [-0.1, -0.05) is 0 Å². The van der Waals surface area contributed by atoms with E-state index in [1.165, 1.54) is 0 Å². The van der Waals surface area contributed by atoms with Gasteiger partial charge in [0.15, 0.2) is 5.78 Å². The predicted molar refractivity (Wildman–Crippen MR) is 64.5 cm³/mol. The lowest BCUT2D eigenvalue weighted by Gasteiger charge is -2.39. The predicted octanol–water partition coefficient (Wildman–Crippen LogP) is -3.01. The Kier molecular flexibility index (Phi) is 4.63. The third-order valence-corrected chi connectivity index (χ3v) is 3.41. The van der Waals surface area contributed by atoms with Crippen LogP contribution in [0.2, 0.25) is 0 Å². The minimum atomic E-state index is -2.09. The zero-order valence-electron chi connectivity index (χ0n) is 11.2. The van der Waals surface area contributed by atoms with Crippen molar-refractivity contribution in [3.63, 3.8) is 0 Å². The highest BCUT2D eigenvalue weighted by Gasteiger charge is 2.46. The van der Waals surface area contributed by atoms with Crippen LogP contribution in [0, 0.1) is 0 Å². The van der Waals surface area contributed by atoms with Crippen molar-refractivity contribution in [3.05, 3.63) is 11.8 Å². The van der Waals surface area contributed by atoms with E-state index in [1.54, 1.807) is 0 Å². The molecular weight excluding hydrogens is 288 g/mol. The highest BCUT2D eigenvalue weighted by molar-refractivity contribution is 5.85. The normalized spacial score (nSPS) is 43.5. The second-order valence-electron chi connectivity index (χ2n) is 4.97. The van der Waals surface area contributed by atoms with E-state index in [2.05, 4.69) is 0 Å². The summed E-state index contributed by atoms with van der Waals surface area (Å²) in [5.74, 6) is -2.71. The molecule has 1 unspecified atom stereocenters. The topological polar surface area (TPSA) is 146 Å². The number of Topliss-reactive ketones (excluding diaryl/α,β-unsaturated/α-hetero) is 1. The summed E-state index contributed by atoms with van der Waals surface area (Å²) in [6.07, 6.45) is -6.11. The van der Waals surface area contributed by atoms with Crippen LogP contribution in [-0.4, -0.2) is 81.0 Å². The molecule has 120 valence electrons. The van der Waals surface area contributed by atoms with Crippen molar-refractivity contribution in [1.82, 2.24) is 0 Å². The summed E-state index contributed by atoms with van der Waals surface area (Å²) in [5, 5.41) is 47.8. The average molecular weight is 306 g/mol. The molecule has 0 saturated carbocycles. The van der Waals surface area contributed by atoms with E-state index in [-0.39, 0.29) is 12.4 Å². The first kappa shape index (κ1) is 16.3. The molecule has 2 heterocycles. The SMILES string of the molecule is CC(=O)C1(O)C=C(O[C@@H]2O[C@H](CO)[C@@H](O)[C@H](O)[C@H]2O)CO1. The molecule has 21 heavy (non-hydrogen) atoms. The lowest BCUT2D eigenvalue weighted by molar-refractivity contribution is -0.292. The first-order chi connectivity index (χ1) is 9.78. The second-order valence-corrected chi connectivity index (χ2v) is 4.97. The Morgan fingerprint density at radius 1 is 1.38 bits per heavy atom. The Balaban J connectivity index is 2.07. The quantitative estimate of drug-likeness (QED) is 0.366. The maximum atomic E-state index is 11.2. The van der Waals surface area contributed by atoms with E-state index < -0.39 is 48.9 Å². The lowest BCUT2D eigenvalue weighted by Crippen LogP contribution is -2.59. The molecule has 1 saturated heterocycles. The minimum Gasteiger partial charge on any atom is -0.464 e. The molecule has 9 heteroatoms. The summed E-state index contributed by atoms with van der Waals surface area (Å²) in [7, 11) is 0. The standard InChI is InChI=1S/C12H18O9/c1-5(14)12(18)2-6(4-19-12)20-11-10(17)9(16)8(15)7(3-13)21-11/h2,7-11,13,15-18H,3-4H2,1H3/t7-,8-,9+,10-,11-,12?/m1/s1. The van der Waals surface area contributed by atoms with Gasteiger partial charge in [0.1, 0.15) is 36.8 Å². The minimum absolute atomic E-state index is 0.0250. The van der Waals surface area contributed by atoms with Crippen LogP contribution in [0.3, 0.4) is 0 Å². The zero-order valence-corrected chi connectivity index (χ0v) is 11.2. The second kappa shape index (κ2) is 5.97. The van der Waals surface area contributed by atoms with Crippen molar-refractivity contribution in [1.29, 1.82) is 0 Å². The molecule has 0 spiro atoms. The monoisotopic (exact) mass is 306 g/mol. The number of rotatable bonds is 4. The van der Waals surface area contributed by atoms with Crippen LogP contribution in [-0.2, 0) is 19.0 Å². The third kappa shape index (κ3) is 3.09. The van der Waals surface area contributed by atoms with Gasteiger partial charge in [-0.2, -0.15) is 0 Å². The average Bonchev–Trinajstić information content (AvgIpc) is 2.82. The van der Waals surface area contributed by atoms with Crippen LogP contribution in [0.4, 0.5) is 0 Å². The molecule has 0 aromatic rings. The first-order valence-electron chi connectivity index (χ1n) is 6.35. The van der Waals surface area contributed by atoms with Crippen molar-refractivity contribution in [3.8, 4) is 0 Å². The van der Waals surface area contributed by atoms with Gasteiger partial charge in [-0.15, -0.1) is 0 Å². The molecular formula is C12H18O9. The van der Waals surface area contributed by atoms with Gasteiger partial charge in [-0.3, -0.25) is 4.79 Å². The van der Waals surface area contributed by atoms with Crippen molar-refractivity contribution in [2.75, 3.05) is 13.2 Å². The number of ether oxygens (including phenoxy) is 3. The van der Waals surface area contributed by atoms with Gasteiger partial charge < -0.3 is 39.7 Å². The van der Waals surface area contributed by atoms with Gasteiger partial charge in [0.05, 0.1) is 6.61 Å². The van der Waals surface area contributed by atoms with Gasteiger partial charge in [0, 0.05) is 13.0 Å². The Labute approximate surface area is 120 Å². The van der Waals surface area contributed by atoms with Gasteiger partial charge in [-0.05, 0) is 0 Å². The maximum absolute atomic E-state index is 11.2. The number of hydrogen-bond acceptors (Lipinski definition) is 9. The van der Waals surface area contributed by atoms with Gasteiger partial charge in [-0.25, -0.2) is 0 Å². The number of hydrogen-bond donors (Lipinski definition) is 5. The Morgan fingerprint density at radius 2 is 2.05 bits per heavy atom. The number of ketones is 1. The fourth-order valence-electron chi connectivity index (χ4n) is 2.07. The summed E-state index contributed by atoms with van der Waals surface area (Å²) in [5.41, 5.74) is 0. The molecule has 0 aromatic carbocycles. The molecule has 0 amide bonds. The highest BCUT2D eigenvalue weighted by Crippen LogP contribution is 2.28. The Hall–Kier alpha value is -1.07. The van der Waals surface area contributed by atoms with Crippen molar-refractivity contribution in [2.45, 2.75) is 43.4 Å². The fourth-order valence-corrected chi connectivity index (χ4v) is 2.07. The fraction of sp³-hybridized carbons (Fsp3) is 0.750. The zero-order chi connectivity index (χ0) is 15.8. The van der Waals surface area contributed by atoms with Crippen LogP contribution in [0.1, 0.15) is 6.92 Å². The van der Waals surface area contributed by atoms with Crippen LogP contribution in [0.5, 0.6) is 0 Å². The van der Waals surface area contributed by atoms with Crippen LogP contribution >= 0.6 is 0 Å². The summed E-state index contributed by atoms with van der Waals surface area (Å²) >= 11 is 0. The van der Waals surface area contributed by atoms with Crippen LogP contribution in [0.15, 0.2) is 11.8 Å². The molecule has 2 aliphatic rings. The largest absolute Gasteiger partial charge is 0.464 e. The molecule has 6 atom stereocenters. The molecule has 0 aliphatic carbocycles. The number of aliphatic hydroxyl groups is 5. The summed E-state index contributed by atoms with van der Waals surface area (Å²) < 4.78 is 15.2. The summed E-state index contributed by atoms with van der Waals surface area (Å²) in [6, 6.07) is 0. The molecule has 2 aliphatic heterocycles. The van der Waals surface area contributed by atoms with Crippen molar-refractivity contribution >= 4 is 5.78 Å². The van der Waals surface area contributed by atoms with E-state index in [9.17, 15) is 25.2 Å². The van der Waals surface area contributed by atoms with Crippen molar-refractivity contribution in [2.24, 2.45) is 0 Å². The molecule has 0 bridgehead atoms. The summed E-state index contributed by atoms with van der Waals surface area (Å²) in [6.45, 7) is 0.316. The van der Waals surface area contributed by atoms with E-state index in [4.69, 9.17) is 19.3 Å². The highest BCUT2D eigenvalue weighted by atomic mass is 16.7. The molecule has 9 nitrogen and oxygen atoms in total. The number of carbonyl (C=O) groups excluding carboxylic acids is 1. The van der Waals surface area contributed by atoms with E-state index in [0.29, 0.717) is 0 Å². The summed E-state index contributed by atoms with van der Waals surface area (Å²) in [4.78, 5) is 11.2. The van der Waals surface area contributed by atoms with Crippen molar-refractivity contribution < 1.29 is 44.5 Å². The maximum Gasteiger partial charge on any atom is 0.250 e. The Bertz CT molecular complexity index is 434. The van der Waals surface area contributed by atoms with Crippen LogP contribution < -0.4 is 0 Å². The lowest BCUT2D eigenvalue weighted by atomic mass is 9.99. The molecule has 0 aromatic heterocycles. The molecule has 0 radical (unpaired) electrons. The van der Waals surface area contributed by atoms with Crippen LogP contribution in [0.25, 0.3) is 0 Å². The smallest absolute Gasteiger partial charge is 0.250 e. The molecule has 2 rings (SSSR count). The van der Waals surface area contributed by atoms with Gasteiger partial charge in [0.25, 0.3) is 5.79 Å². The van der Waals surface area contributed by atoms with Gasteiger partial charge >= 0.3 is 0 Å². The van der Waals surface area contributed by atoms with E-state index >= 15 is 0 Å². The van der Waals surface area contributed by atoms with E-state index in [1.807, 2.05) is 0 Å². The Morgan fingerprint density at radius 3 is 2.57 bits per heavy atom. The van der Waals surface area contributed by atoms with E-state index in [0.717, 1.165) is 13.0 Å². The molecule has 5 N–H and O–H groups in total. The van der Waals surface area contributed by atoms with Gasteiger partial charge in [0.2, 0.25) is 6.29 Å². The number of aliphatic hydroxyl groups excluding tert-OH is 4.